The predicted molar refractivity (Wildman–Crippen MR) is 129 cm³/mol. The Labute approximate surface area is 190 Å². The van der Waals surface area contributed by atoms with Gasteiger partial charge in [-0.3, -0.25) is 9.36 Å². The van der Waals surface area contributed by atoms with Crippen LogP contribution in [-0.4, -0.2) is 23.4 Å². The van der Waals surface area contributed by atoms with Crippen molar-refractivity contribution in [3.8, 4) is 11.1 Å². The highest BCUT2D eigenvalue weighted by atomic mass is 32.2. The van der Waals surface area contributed by atoms with Gasteiger partial charge in [0.2, 0.25) is 0 Å². The summed E-state index contributed by atoms with van der Waals surface area (Å²) in [5.41, 5.74) is 4.07. The first kappa shape index (κ1) is 20.6. The van der Waals surface area contributed by atoms with Crippen LogP contribution in [-0.2, 0) is 16.0 Å². The van der Waals surface area contributed by atoms with Crippen LogP contribution in [0.4, 0.5) is 0 Å². The van der Waals surface area contributed by atoms with Crippen LogP contribution in [0.15, 0.2) is 88.7 Å². The molecule has 5 rings (SSSR count). The molecule has 0 radical (unpaired) electrons. The van der Waals surface area contributed by atoms with Gasteiger partial charge in [-0.1, -0.05) is 72.8 Å². The van der Waals surface area contributed by atoms with Crippen molar-refractivity contribution in [3.05, 3.63) is 100 Å². The van der Waals surface area contributed by atoms with Gasteiger partial charge in [0.15, 0.2) is 0 Å². The number of pyridine rings is 1. The molecule has 1 aliphatic rings. The quantitative estimate of drug-likeness (QED) is 0.394. The Bertz CT molecular complexity index is 1360. The zero-order valence-corrected chi connectivity index (χ0v) is 18.6. The van der Waals surface area contributed by atoms with Crippen LogP contribution in [0.1, 0.15) is 23.6 Å². The zero-order chi connectivity index (χ0) is 22.1. The lowest BCUT2D eigenvalue weighted by Crippen LogP contribution is -2.35. The van der Waals surface area contributed by atoms with E-state index in [1.165, 1.54) is 23.4 Å². The second kappa shape index (κ2) is 8.67. The third kappa shape index (κ3) is 3.63. The second-order valence-corrected chi connectivity index (χ2v) is 9.00. The van der Waals surface area contributed by atoms with Gasteiger partial charge in [0.1, 0.15) is 6.04 Å². The number of rotatable bonds is 4. The number of aromatic nitrogens is 1. The van der Waals surface area contributed by atoms with Crippen molar-refractivity contribution in [2.24, 2.45) is 0 Å². The molecule has 3 aromatic carbocycles. The second-order valence-electron chi connectivity index (χ2n) is 7.92. The molecule has 5 heteroatoms. The first-order valence-electron chi connectivity index (χ1n) is 10.7. The first-order chi connectivity index (χ1) is 15.7. The van der Waals surface area contributed by atoms with Gasteiger partial charge in [0.05, 0.1) is 12.1 Å². The maximum Gasteiger partial charge on any atom is 0.329 e. The van der Waals surface area contributed by atoms with Crippen molar-refractivity contribution < 1.29 is 9.53 Å². The molecule has 1 unspecified atom stereocenters. The van der Waals surface area contributed by atoms with Gasteiger partial charge in [-0.15, -0.1) is 11.8 Å². The SMILES string of the molecule is COC(=O)C1CCSc2c(-c3ccccc3)c(Cc3cccc4ccccc34)cc(=O)n21. The number of nitrogens with zero attached hydrogens (tertiary/aromatic N) is 1. The molecule has 0 amide bonds. The lowest BCUT2D eigenvalue weighted by Gasteiger charge is -2.28. The Morgan fingerprint density at radius 3 is 2.56 bits per heavy atom. The van der Waals surface area contributed by atoms with Crippen LogP contribution >= 0.6 is 11.8 Å². The van der Waals surface area contributed by atoms with Gasteiger partial charge >= 0.3 is 5.97 Å². The largest absolute Gasteiger partial charge is 0.467 e. The normalized spacial score (nSPS) is 15.3. The molecule has 0 fully saturated rings. The average Bonchev–Trinajstić information content (AvgIpc) is 2.84. The number of hydrogen-bond donors (Lipinski definition) is 0. The Hall–Kier alpha value is -3.31. The third-order valence-corrected chi connectivity index (χ3v) is 7.14. The van der Waals surface area contributed by atoms with Crippen molar-refractivity contribution in [2.45, 2.75) is 23.9 Å². The van der Waals surface area contributed by atoms with Gasteiger partial charge in [0.25, 0.3) is 5.56 Å². The number of ether oxygens (including phenoxy) is 1. The first-order valence-corrected chi connectivity index (χ1v) is 11.7. The molecule has 0 saturated carbocycles. The monoisotopic (exact) mass is 441 g/mol. The molecule has 0 aliphatic carbocycles. The molecule has 1 aliphatic heterocycles. The molecule has 2 heterocycles. The highest BCUT2D eigenvalue weighted by Crippen LogP contribution is 2.40. The van der Waals surface area contributed by atoms with Crippen LogP contribution in [0.25, 0.3) is 21.9 Å². The van der Waals surface area contributed by atoms with E-state index >= 15 is 0 Å². The summed E-state index contributed by atoms with van der Waals surface area (Å²) in [5.74, 6) is 0.394. The van der Waals surface area contributed by atoms with Crippen LogP contribution < -0.4 is 5.56 Å². The van der Waals surface area contributed by atoms with Crippen molar-refractivity contribution in [1.82, 2.24) is 4.57 Å². The summed E-state index contributed by atoms with van der Waals surface area (Å²) >= 11 is 1.64. The third-order valence-electron chi connectivity index (χ3n) is 6.03. The number of thioether (sulfide) groups is 1. The molecule has 0 spiro atoms. The molecule has 0 bridgehead atoms. The number of hydrogen-bond acceptors (Lipinski definition) is 4. The van der Waals surface area contributed by atoms with Crippen LogP contribution in [0.5, 0.6) is 0 Å². The number of esters is 1. The van der Waals surface area contributed by atoms with E-state index in [4.69, 9.17) is 4.74 Å². The molecule has 4 aromatic rings. The van der Waals surface area contributed by atoms with E-state index in [-0.39, 0.29) is 11.5 Å². The Morgan fingerprint density at radius 1 is 1.00 bits per heavy atom. The molecular weight excluding hydrogens is 418 g/mol. The number of carbonyl (C=O) groups excluding carboxylic acids is 1. The average molecular weight is 442 g/mol. The maximum absolute atomic E-state index is 13.3. The molecule has 1 atom stereocenters. The molecule has 0 N–H and O–H groups in total. The molecule has 1 aromatic heterocycles. The number of methoxy groups -OCH3 is 1. The van der Waals surface area contributed by atoms with E-state index in [0.717, 1.165) is 27.5 Å². The fraction of sp³-hybridized carbons (Fsp3) is 0.185. The summed E-state index contributed by atoms with van der Waals surface area (Å²) in [5, 5.41) is 3.22. The minimum absolute atomic E-state index is 0.155. The number of fused-ring (bicyclic) bond motifs is 2. The zero-order valence-electron chi connectivity index (χ0n) is 17.8. The molecular formula is C27H23NO3S. The summed E-state index contributed by atoms with van der Waals surface area (Å²) in [4.78, 5) is 25.8. The predicted octanol–water partition coefficient (Wildman–Crippen LogP) is 5.47. The summed E-state index contributed by atoms with van der Waals surface area (Å²) in [7, 11) is 1.38. The van der Waals surface area contributed by atoms with Gasteiger partial charge in [0, 0.05) is 17.4 Å². The van der Waals surface area contributed by atoms with Crippen LogP contribution in [0, 0.1) is 0 Å². The summed E-state index contributed by atoms with van der Waals surface area (Å²) in [6, 6.07) is 25.9. The number of carbonyl (C=O) groups is 1. The van der Waals surface area contributed by atoms with Gasteiger partial charge in [-0.25, -0.2) is 4.79 Å². The van der Waals surface area contributed by atoms with Crippen molar-refractivity contribution >= 4 is 28.5 Å². The standard InChI is InChI=1S/C27H23NO3S/c1-31-27(30)23-14-15-32-26-25(19-9-3-2-4-10-19)21(17-24(29)28(23)26)16-20-12-7-11-18-8-5-6-13-22(18)20/h2-13,17,23H,14-16H2,1H3. The summed E-state index contributed by atoms with van der Waals surface area (Å²) < 4.78 is 6.65. The van der Waals surface area contributed by atoms with E-state index < -0.39 is 6.04 Å². The Balaban J connectivity index is 1.74. The number of benzene rings is 3. The smallest absolute Gasteiger partial charge is 0.329 e. The summed E-state index contributed by atoms with van der Waals surface area (Å²) in [6.07, 6.45) is 1.22. The van der Waals surface area contributed by atoms with Crippen molar-refractivity contribution in [2.75, 3.05) is 12.9 Å². The van der Waals surface area contributed by atoms with Crippen molar-refractivity contribution in [1.29, 1.82) is 0 Å². The van der Waals surface area contributed by atoms with Crippen LogP contribution in [0.3, 0.4) is 0 Å². The highest BCUT2D eigenvalue weighted by molar-refractivity contribution is 7.99. The van der Waals surface area contributed by atoms with E-state index in [0.29, 0.717) is 12.8 Å². The van der Waals surface area contributed by atoms with E-state index in [2.05, 4.69) is 42.5 Å². The highest BCUT2D eigenvalue weighted by Gasteiger charge is 2.31. The minimum Gasteiger partial charge on any atom is -0.467 e. The maximum atomic E-state index is 13.3. The van der Waals surface area contributed by atoms with Gasteiger partial charge in [-0.05, 0) is 40.3 Å². The van der Waals surface area contributed by atoms with E-state index in [1.807, 2.05) is 30.3 Å². The Kier molecular flexibility index (Phi) is 5.58. The lowest BCUT2D eigenvalue weighted by atomic mass is 9.93. The fourth-order valence-corrected chi connectivity index (χ4v) is 5.83. The summed E-state index contributed by atoms with van der Waals surface area (Å²) in [6.45, 7) is 0. The van der Waals surface area contributed by atoms with E-state index in [1.54, 1.807) is 22.4 Å². The van der Waals surface area contributed by atoms with Gasteiger partial charge < -0.3 is 4.74 Å². The van der Waals surface area contributed by atoms with Crippen LogP contribution in [0.2, 0.25) is 0 Å². The van der Waals surface area contributed by atoms with Gasteiger partial charge in [-0.2, -0.15) is 0 Å². The lowest BCUT2D eigenvalue weighted by molar-refractivity contribution is -0.145. The molecule has 32 heavy (non-hydrogen) atoms. The molecule has 4 nitrogen and oxygen atoms in total. The van der Waals surface area contributed by atoms with E-state index in [9.17, 15) is 9.59 Å². The fourth-order valence-electron chi connectivity index (χ4n) is 4.55. The molecule has 0 saturated heterocycles. The Morgan fingerprint density at radius 2 is 1.75 bits per heavy atom. The molecule has 160 valence electrons. The topological polar surface area (TPSA) is 48.3 Å². The minimum atomic E-state index is -0.585. The van der Waals surface area contributed by atoms with Crippen molar-refractivity contribution in [3.63, 3.8) is 0 Å².